The normalized spacial score (nSPS) is 13.3. The van der Waals surface area contributed by atoms with Crippen LogP contribution in [0.1, 0.15) is 33.6 Å². The summed E-state index contributed by atoms with van der Waals surface area (Å²) in [6.45, 7) is 0. The lowest BCUT2D eigenvalue weighted by Gasteiger charge is -2.14. The van der Waals surface area contributed by atoms with E-state index in [-0.39, 0.29) is 11.7 Å². The summed E-state index contributed by atoms with van der Waals surface area (Å²) in [5.74, 6) is -0.467. The first-order valence-electron chi connectivity index (χ1n) is 8.32. The number of nitrogens with zero attached hydrogens (tertiary/aromatic N) is 1. The number of aromatic nitrogens is 1. The van der Waals surface area contributed by atoms with E-state index in [4.69, 9.17) is 0 Å². The van der Waals surface area contributed by atoms with Crippen molar-refractivity contribution in [3.05, 3.63) is 70.6 Å². The van der Waals surface area contributed by atoms with E-state index in [2.05, 4.69) is 10.9 Å². The molecular weight excluding hydrogens is 337 g/mol. The summed E-state index contributed by atoms with van der Waals surface area (Å²) in [7, 11) is 0. The topological polar surface area (TPSA) is 46.1 Å². The first-order valence-corrected chi connectivity index (χ1v) is 9.14. The number of rotatable bonds is 4. The summed E-state index contributed by atoms with van der Waals surface area (Å²) in [5, 5.41) is 0.954. The summed E-state index contributed by atoms with van der Waals surface area (Å²) in [4.78, 5) is 14.2. The maximum absolute atomic E-state index is 13.0. The minimum absolute atomic E-state index is 0.160. The molecule has 1 aliphatic carbocycles. The average Bonchev–Trinajstić information content (AvgIpc) is 3.28. The Hall–Kier alpha value is -2.60. The molecule has 6 heteroatoms. The molecule has 2 N–H and O–H groups in total. The van der Waals surface area contributed by atoms with E-state index in [1.165, 1.54) is 29.0 Å². The molecule has 0 spiro atoms. The maximum atomic E-state index is 13.0. The van der Waals surface area contributed by atoms with Gasteiger partial charge in [-0.05, 0) is 67.6 Å². The number of carbonyl (C=O) groups excluding carboxylic acids is 1. The van der Waals surface area contributed by atoms with E-state index in [0.29, 0.717) is 5.69 Å². The minimum atomic E-state index is -0.307. The highest BCUT2D eigenvalue weighted by Gasteiger charge is 2.26. The van der Waals surface area contributed by atoms with Crippen molar-refractivity contribution in [3.63, 3.8) is 0 Å². The number of hydrazine groups is 1. The van der Waals surface area contributed by atoms with Gasteiger partial charge in [0, 0.05) is 17.3 Å². The number of benzene rings is 1. The van der Waals surface area contributed by atoms with E-state index >= 15 is 0 Å². The number of carbonyl (C=O) groups is 1. The molecule has 0 saturated heterocycles. The number of hydrogen-bond donors (Lipinski definition) is 2. The third-order valence-corrected chi connectivity index (χ3v) is 5.69. The zero-order valence-corrected chi connectivity index (χ0v) is 14.4. The molecule has 0 aliphatic heterocycles. The lowest BCUT2D eigenvalue weighted by molar-refractivity contribution is 0.0962. The number of fused-ring (bicyclic) bond motifs is 1. The SMILES string of the molecule is O=C(NNc1ccc(F)cc1)c1c(-n2cccc2)sc2c1CCCC2. The van der Waals surface area contributed by atoms with Crippen LogP contribution in [-0.2, 0) is 12.8 Å². The molecule has 4 nitrogen and oxygen atoms in total. The lowest BCUT2D eigenvalue weighted by atomic mass is 9.95. The summed E-state index contributed by atoms with van der Waals surface area (Å²) in [5.41, 5.74) is 8.17. The van der Waals surface area contributed by atoms with Crippen LogP contribution in [0.3, 0.4) is 0 Å². The first kappa shape index (κ1) is 15.9. The van der Waals surface area contributed by atoms with Crippen LogP contribution in [0.5, 0.6) is 0 Å². The van der Waals surface area contributed by atoms with E-state index in [0.717, 1.165) is 29.8 Å². The van der Waals surface area contributed by atoms with E-state index in [9.17, 15) is 9.18 Å². The second kappa shape index (κ2) is 6.72. The Balaban J connectivity index is 1.62. The number of amides is 1. The van der Waals surface area contributed by atoms with Crippen LogP contribution in [0.25, 0.3) is 5.00 Å². The Kier molecular flexibility index (Phi) is 4.28. The summed E-state index contributed by atoms with van der Waals surface area (Å²) in [6, 6.07) is 9.80. The van der Waals surface area contributed by atoms with Crippen molar-refractivity contribution in [2.24, 2.45) is 0 Å². The molecule has 4 rings (SSSR count). The number of nitrogens with one attached hydrogen (secondary N) is 2. The standard InChI is InChI=1S/C19H18FN3OS/c20-13-7-9-14(10-8-13)21-22-18(24)17-15-5-1-2-6-16(15)25-19(17)23-11-3-4-12-23/h3-4,7-12,21H,1-2,5-6H2,(H,22,24). The van der Waals surface area contributed by atoms with Gasteiger partial charge in [-0.3, -0.25) is 15.6 Å². The predicted molar refractivity (Wildman–Crippen MR) is 97.8 cm³/mol. The van der Waals surface area contributed by atoms with Gasteiger partial charge in [0.25, 0.3) is 5.91 Å². The largest absolute Gasteiger partial charge is 0.315 e. The molecule has 25 heavy (non-hydrogen) atoms. The van der Waals surface area contributed by atoms with E-state index in [1.54, 1.807) is 23.5 Å². The van der Waals surface area contributed by atoms with Gasteiger partial charge < -0.3 is 4.57 Å². The Labute approximate surface area is 149 Å². The molecular formula is C19H18FN3OS. The maximum Gasteiger partial charge on any atom is 0.272 e. The Bertz CT molecular complexity index is 884. The van der Waals surface area contributed by atoms with Crippen molar-refractivity contribution in [2.75, 3.05) is 5.43 Å². The third kappa shape index (κ3) is 3.17. The zero-order valence-electron chi connectivity index (χ0n) is 13.6. The monoisotopic (exact) mass is 355 g/mol. The molecule has 0 unspecified atom stereocenters. The zero-order chi connectivity index (χ0) is 17.2. The fourth-order valence-electron chi connectivity index (χ4n) is 3.16. The van der Waals surface area contributed by atoms with Crippen LogP contribution in [-0.4, -0.2) is 10.5 Å². The molecule has 0 fully saturated rings. The fraction of sp³-hybridized carbons (Fsp3) is 0.211. The molecule has 0 radical (unpaired) electrons. The van der Waals surface area contributed by atoms with Crippen LogP contribution in [0, 0.1) is 5.82 Å². The molecule has 0 bridgehead atoms. The molecule has 0 saturated carbocycles. The molecule has 3 aromatic rings. The van der Waals surface area contributed by atoms with Gasteiger partial charge in [0.05, 0.1) is 11.3 Å². The van der Waals surface area contributed by atoms with Crippen molar-refractivity contribution >= 4 is 22.9 Å². The minimum Gasteiger partial charge on any atom is -0.315 e. The molecule has 1 amide bonds. The Morgan fingerprint density at radius 2 is 1.80 bits per heavy atom. The number of hydrogen-bond acceptors (Lipinski definition) is 3. The van der Waals surface area contributed by atoms with Gasteiger partial charge in [-0.2, -0.15) is 0 Å². The highest BCUT2D eigenvalue weighted by Crippen LogP contribution is 2.36. The number of thiophene rings is 1. The van der Waals surface area contributed by atoms with Gasteiger partial charge >= 0.3 is 0 Å². The second-order valence-corrected chi connectivity index (χ2v) is 7.15. The molecule has 1 aromatic carbocycles. The number of anilines is 1. The second-order valence-electron chi connectivity index (χ2n) is 6.07. The van der Waals surface area contributed by atoms with Crippen LogP contribution in [0.15, 0.2) is 48.8 Å². The van der Waals surface area contributed by atoms with E-state index in [1.807, 2.05) is 29.1 Å². The first-order chi connectivity index (χ1) is 12.2. The van der Waals surface area contributed by atoms with Crippen molar-refractivity contribution in [2.45, 2.75) is 25.7 Å². The van der Waals surface area contributed by atoms with Crippen LogP contribution < -0.4 is 10.9 Å². The van der Waals surface area contributed by atoms with E-state index < -0.39 is 0 Å². The molecule has 128 valence electrons. The van der Waals surface area contributed by atoms with Gasteiger partial charge in [0.15, 0.2) is 0 Å². The highest BCUT2D eigenvalue weighted by atomic mass is 32.1. The van der Waals surface area contributed by atoms with Crippen LogP contribution >= 0.6 is 11.3 Å². The van der Waals surface area contributed by atoms with Gasteiger partial charge in [-0.15, -0.1) is 11.3 Å². The lowest BCUT2D eigenvalue weighted by Crippen LogP contribution is -2.30. The summed E-state index contributed by atoms with van der Waals surface area (Å²) < 4.78 is 15.0. The number of aryl methyl sites for hydroxylation is 1. The fourth-order valence-corrected chi connectivity index (χ4v) is 4.51. The van der Waals surface area contributed by atoms with Crippen LogP contribution in [0.4, 0.5) is 10.1 Å². The third-order valence-electron chi connectivity index (χ3n) is 4.38. The summed E-state index contributed by atoms with van der Waals surface area (Å²) >= 11 is 1.70. The number of halogens is 1. The Morgan fingerprint density at radius 3 is 2.56 bits per heavy atom. The van der Waals surface area contributed by atoms with Gasteiger partial charge in [-0.25, -0.2) is 4.39 Å². The van der Waals surface area contributed by atoms with Gasteiger partial charge in [-0.1, -0.05) is 0 Å². The quantitative estimate of drug-likeness (QED) is 0.685. The Morgan fingerprint density at radius 1 is 1.08 bits per heavy atom. The van der Waals surface area contributed by atoms with Gasteiger partial charge in [0.2, 0.25) is 0 Å². The predicted octanol–water partition coefficient (Wildman–Crippen LogP) is 4.31. The van der Waals surface area contributed by atoms with Crippen molar-refractivity contribution in [1.29, 1.82) is 0 Å². The molecule has 2 heterocycles. The average molecular weight is 355 g/mol. The molecule has 1 aliphatic rings. The molecule has 2 aromatic heterocycles. The highest BCUT2D eigenvalue weighted by molar-refractivity contribution is 7.15. The van der Waals surface area contributed by atoms with Crippen molar-refractivity contribution in [3.8, 4) is 5.00 Å². The van der Waals surface area contributed by atoms with Gasteiger partial charge in [0.1, 0.15) is 10.8 Å². The van der Waals surface area contributed by atoms with Crippen molar-refractivity contribution in [1.82, 2.24) is 9.99 Å². The van der Waals surface area contributed by atoms with Crippen LogP contribution in [0.2, 0.25) is 0 Å². The smallest absolute Gasteiger partial charge is 0.272 e. The molecule has 0 atom stereocenters. The summed E-state index contributed by atoms with van der Waals surface area (Å²) in [6.07, 6.45) is 8.18. The van der Waals surface area contributed by atoms with Crippen molar-refractivity contribution < 1.29 is 9.18 Å².